The summed E-state index contributed by atoms with van der Waals surface area (Å²) in [6.45, 7) is 14.7. The number of nitrogens with one attached hydrogen (secondary N) is 6. The molecule has 6 amide bonds. The Morgan fingerprint density at radius 3 is 1.24 bits per heavy atom. The van der Waals surface area contributed by atoms with Gasteiger partial charge in [-0.15, -0.1) is 0 Å². The van der Waals surface area contributed by atoms with Crippen LogP contribution >= 0.6 is 0 Å². The molecule has 0 fully saturated rings. The number of esters is 1. The number of methoxy groups -OCH3 is 1. The van der Waals surface area contributed by atoms with Crippen molar-refractivity contribution in [1.82, 2.24) is 31.9 Å². The number of carbonyl (C=O) groups excluding carboxylic acids is 7. The molecule has 396 valence electrons. The number of alkyl carbamates (subject to hydrolysis) is 2. The van der Waals surface area contributed by atoms with Crippen molar-refractivity contribution in [3.63, 3.8) is 0 Å². The van der Waals surface area contributed by atoms with Gasteiger partial charge in [0.15, 0.2) is 0 Å². The summed E-state index contributed by atoms with van der Waals surface area (Å²) in [5, 5.41) is 16.5. The second-order valence-corrected chi connectivity index (χ2v) is 17.1. The van der Waals surface area contributed by atoms with E-state index in [4.69, 9.17) is 47.7 Å². The van der Waals surface area contributed by atoms with Crippen molar-refractivity contribution in [2.75, 3.05) is 132 Å². The normalized spacial score (nSPS) is 11.6. The largest absolute Gasteiger partial charge is 0.467 e. The van der Waals surface area contributed by atoms with E-state index in [0.29, 0.717) is 52.2 Å². The summed E-state index contributed by atoms with van der Waals surface area (Å²) in [4.78, 5) is 95.9. The van der Waals surface area contributed by atoms with E-state index in [9.17, 15) is 33.6 Å². The monoisotopic (exact) mass is 983 g/mol. The van der Waals surface area contributed by atoms with Crippen LogP contribution in [0.3, 0.4) is 0 Å². The summed E-state index contributed by atoms with van der Waals surface area (Å²) < 4.78 is 48.5. The fraction of sp³-hybridized carbons (Fsp3) is 0.841. The summed E-state index contributed by atoms with van der Waals surface area (Å²) >= 11 is 0. The maximum Gasteiger partial charge on any atom is 0.407 e. The average molecular weight is 983 g/mol. The van der Waals surface area contributed by atoms with Crippen molar-refractivity contribution in [2.24, 2.45) is 0 Å². The highest BCUT2D eigenvalue weighted by Gasteiger charge is 2.34. The standard InChI is InChI=1S/C44H82N6O18/c1-9-16-45-35(51)12-21-62-32-44(33-63-22-13-36(52)46-17-10-19-48-40(56)67-42(2,3)4,34-64-23-14-37(53)47-18-11-20-49-41(57)68-43(5,6)7)50-38(54)15-24-65-66-30-29-60-26-25-59-27-28-61-31-39(55)58-8/h9-34H2,1-8H3,(H,45,51)(H,46,52)(H,47,53)(H,48,56)(H,49,57)(H,50,54). The van der Waals surface area contributed by atoms with Gasteiger partial charge >= 0.3 is 18.2 Å². The van der Waals surface area contributed by atoms with Crippen molar-refractivity contribution in [3.05, 3.63) is 0 Å². The quantitative estimate of drug-likeness (QED) is 0.0165. The minimum absolute atomic E-state index is 0.0140. The van der Waals surface area contributed by atoms with Crippen LogP contribution in [0.4, 0.5) is 9.59 Å². The summed E-state index contributed by atoms with van der Waals surface area (Å²) in [6.07, 6.45) is 0.458. The molecule has 0 spiro atoms. The van der Waals surface area contributed by atoms with Gasteiger partial charge < -0.3 is 74.5 Å². The van der Waals surface area contributed by atoms with Crippen LogP contribution in [0.25, 0.3) is 0 Å². The van der Waals surface area contributed by atoms with Crippen molar-refractivity contribution in [2.45, 2.75) is 110 Å². The van der Waals surface area contributed by atoms with Crippen LogP contribution in [0.15, 0.2) is 0 Å². The molecule has 0 unspecified atom stereocenters. The third kappa shape index (κ3) is 41.7. The lowest BCUT2D eigenvalue weighted by atomic mass is 10.0. The zero-order chi connectivity index (χ0) is 50.9. The lowest BCUT2D eigenvalue weighted by Gasteiger charge is -2.34. The molecular formula is C44H82N6O18. The molecule has 6 N–H and O–H groups in total. The van der Waals surface area contributed by atoms with Crippen LogP contribution in [0, 0.1) is 0 Å². The molecule has 0 bridgehead atoms. The van der Waals surface area contributed by atoms with Gasteiger partial charge in [0.2, 0.25) is 23.6 Å². The van der Waals surface area contributed by atoms with Crippen molar-refractivity contribution in [3.8, 4) is 0 Å². The molecule has 0 rings (SSSR count). The Hall–Kier alpha value is -4.43. The molecule has 24 nitrogen and oxygen atoms in total. The topological polar surface area (TPSA) is 293 Å². The van der Waals surface area contributed by atoms with Crippen LogP contribution in [0.1, 0.15) is 93.4 Å². The Morgan fingerprint density at radius 2 is 0.809 bits per heavy atom. The predicted molar refractivity (Wildman–Crippen MR) is 245 cm³/mol. The molecule has 24 heteroatoms. The van der Waals surface area contributed by atoms with E-state index in [1.165, 1.54) is 7.11 Å². The summed E-state index contributed by atoms with van der Waals surface area (Å²) in [7, 11) is 1.27. The van der Waals surface area contributed by atoms with E-state index in [1.54, 1.807) is 41.5 Å². The van der Waals surface area contributed by atoms with Crippen LogP contribution in [0.2, 0.25) is 0 Å². The predicted octanol–water partition coefficient (Wildman–Crippen LogP) is 1.21. The van der Waals surface area contributed by atoms with E-state index in [1.807, 2.05) is 6.92 Å². The number of ether oxygens (including phenoxy) is 9. The fourth-order valence-electron chi connectivity index (χ4n) is 5.06. The Morgan fingerprint density at radius 1 is 0.426 bits per heavy atom. The second-order valence-electron chi connectivity index (χ2n) is 17.1. The smallest absolute Gasteiger partial charge is 0.407 e. The van der Waals surface area contributed by atoms with Gasteiger partial charge in [0.1, 0.15) is 30.0 Å². The molecule has 68 heavy (non-hydrogen) atoms. The number of rotatable bonds is 41. The van der Waals surface area contributed by atoms with Gasteiger partial charge in [-0.2, -0.15) is 0 Å². The van der Waals surface area contributed by atoms with Gasteiger partial charge in [0.25, 0.3) is 0 Å². The van der Waals surface area contributed by atoms with Gasteiger partial charge in [-0.05, 0) is 60.8 Å². The molecule has 0 saturated carbocycles. The molecule has 0 atom stereocenters. The third-order valence-electron chi connectivity index (χ3n) is 8.22. The van der Waals surface area contributed by atoms with E-state index < -0.39 is 40.8 Å². The fourth-order valence-corrected chi connectivity index (χ4v) is 5.06. The summed E-state index contributed by atoms with van der Waals surface area (Å²) in [6, 6.07) is 0. The molecule has 0 aliphatic carbocycles. The van der Waals surface area contributed by atoms with E-state index in [-0.39, 0.29) is 129 Å². The Balaban J connectivity index is 5.34. The molecule has 0 aromatic heterocycles. The first-order valence-corrected chi connectivity index (χ1v) is 23.1. The van der Waals surface area contributed by atoms with Crippen molar-refractivity contribution < 1.29 is 86.0 Å². The van der Waals surface area contributed by atoms with Gasteiger partial charge in [-0.3, -0.25) is 19.2 Å². The third-order valence-corrected chi connectivity index (χ3v) is 8.22. The van der Waals surface area contributed by atoms with Crippen LogP contribution in [-0.4, -0.2) is 191 Å². The molecule has 0 radical (unpaired) electrons. The van der Waals surface area contributed by atoms with E-state index >= 15 is 0 Å². The molecule has 0 heterocycles. The lowest BCUT2D eigenvalue weighted by molar-refractivity contribution is -0.298. The second kappa shape index (κ2) is 39.4. The highest BCUT2D eigenvalue weighted by molar-refractivity contribution is 5.77. The van der Waals surface area contributed by atoms with Crippen LogP contribution < -0.4 is 31.9 Å². The van der Waals surface area contributed by atoms with Crippen molar-refractivity contribution >= 4 is 41.8 Å². The Labute approximate surface area is 401 Å². The summed E-state index contributed by atoms with van der Waals surface area (Å²) in [5.41, 5.74) is -2.60. The minimum atomic E-state index is -1.34. The first-order valence-electron chi connectivity index (χ1n) is 23.1. The first kappa shape index (κ1) is 63.6. The zero-order valence-corrected chi connectivity index (χ0v) is 41.7. The molecule has 0 saturated heterocycles. The summed E-state index contributed by atoms with van der Waals surface area (Å²) in [5.74, 6) is -1.76. The minimum Gasteiger partial charge on any atom is -0.467 e. The zero-order valence-electron chi connectivity index (χ0n) is 41.7. The van der Waals surface area contributed by atoms with Crippen molar-refractivity contribution in [1.29, 1.82) is 0 Å². The molecular weight excluding hydrogens is 901 g/mol. The van der Waals surface area contributed by atoms with Gasteiger partial charge in [0.05, 0.1) is 92.8 Å². The van der Waals surface area contributed by atoms with Crippen LogP contribution in [0.5, 0.6) is 0 Å². The lowest BCUT2D eigenvalue weighted by Crippen LogP contribution is -2.59. The molecule has 0 aliphatic heterocycles. The first-order chi connectivity index (χ1) is 32.3. The Bertz CT molecular complexity index is 1350. The molecule has 0 aromatic rings. The highest BCUT2D eigenvalue weighted by atomic mass is 17.2. The van der Waals surface area contributed by atoms with E-state index in [2.05, 4.69) is 36.6 Å². The number of carbonyl (C=O) groups is 7. The average Bonchev–Trinajstić information content (AvgIpc) is 3.25. The van der Waals surface area contributed by atoms with Gasteiger partial charge in [-0.25, -0.2) is 24.2 Å². The number of hydrogen-bond donors (Lipinski definition) is 6. The van der Waals surface area contributed by atoms with Gasteiger partial charge in [-0.1, -0.05) is 6.92 Å². The molecule has 0 aliphatic rings. The Kier molecular flexibility index (Phi) is 36.9. The number of hydrogen-bond acceptors (Lipinski definition) is 18. The SMILES string of the molecule is CCCNC(=O)CCOCC(COCCC(=O)NCCCNC(=O)OC(C)(C)C)(COCCC(=O)NCCCNC(=O)OC(C)(C)C)NC(=O)CCOOCCOCCOCCOCC(=O)OC. The molecule has 0 aromatic carbocycles. The maximum atomic E-state index is 13.4. The highest BCUT2D eigenvalue weighted by Crippen LogP contribution is 2.12. The van der Waals surface area contributed by atoms with E-state index in [0.717, 1.165) is 6.42 Å². The number of amides is 6. The van der Waals surface area contributed by atoms with Crippen LogP contribution in [-0.2, 0) is 76.4 Å². The maximum absolute atomic E-state index is 13.4. The van der Waals surface area contributed by atoms with Gasteiger partial charge in [0, 0.05) is 52.0 Å².